The van der Waals surface area contributed by atoms with Gasteiger partial charge in [-0.1, -0.05) is 0 Å². The summed E-state index contributed by atoms with van der Waals surface area (Å²) >= 11 is 0. The molecule has 2 amide bonds. The van der Waals surface area contributed by atoms with Gasteiger partial charge in [0.05, 0.1) is 12.1 Å². The molecule has 4 aromatic rings. The molecule has 1 heterocycles. The van der Waals surface area contributed by atoms with Crippen molar-refractivity contribution in [1.82, 2.24) is 4.98 Å². The molecule has 10 nitrogen and oxygen atoms in total. The van der Waals surface area contributed by atoms with Gasteiger partial charge in [-0.25, -0.2) is 8.78 Å². The minimum atomic E-state index is -1.29. The number of amides is 2. The molecule has 12 heteroatoms. The molecule has 228 valence electrons. The molecule has 1 aliphatic rings. The molecular weight excluding hydrogens is 574 g/mol. The third kappa shape index (κ3) is 6.76. The number of carbonyl (C=O) groups is 3. The second-order valence-electron chi connectivity index (χ2n) is 10.5. The summed E-state index contributed by atoms with van der Waals surface area (Å²) in [6.45, 7) is 3.41. The molecular formula is C32H30F2N4O6. The highest BCUT2D eigenvalue weighted by Crippen LogP contribution is 2.47. The zero-order valence-corrected chi connectivity index (χ0v) is 24.0. The number of fused-ring (bicyclic) bond motifs is 1. The van der Waals surface area contributed by atoms with Gasteiger partial charge in [-0.15, -0.1) is 0 Å². The topological polar surface area (TPSA) is 142 Å². The molecule has 0 radical (unpaired) electrons. The van der Waals surface area contributed by atoms with Crippen LogP contribution in [0.5, 0.6) is 17.2 Å². The van der Waals surface area contributed by atoms with Crippen molar-refractivity contribution < 1.29 is 37.4 Å². The van der Waals surface area contributed by atoms with Crippen LogP contribution in [0.25, 0.3) is 10.9 Å². The summed E-state index contributed by atoms with van der Waals surface area (Å²) < 4.78 is 45.2. The number of benzene rings is 3. The van der Waals surface area contributed by atoms with Crippen LogP contribution in [0, 0.1) is 24.0 Å². The fraction of sp³-hybridized carbons (Fsp3) is 0.250. The molecule has 5 rings (SSSR count). The number of hydrogen-bond acceptors (Lipinski definition) is 8. The quantitative estimate of drug-likeness (QED) is 0.156. The minimum absolute atomic E-state index is 0.0841. The van der Waals surface area contributed by atoms with Gasteiger partial charge in [0, 0.05) is 35.1 Å². The summed E-state index contributed by atoms with van der Waals surface area (Å²) in [5.41, 5.74) is 5.80. The molecule has 3 aromatic carbocycles. The van der Waals surface area contributed by atoms with E-state index < -0.39 is 40.9 Å². The molecule has 4 N–H and O–H groups in total. The number of nitrogens with one attached hydrogen (secondary N) is 2. The van der Waals surface area contributed by atoms with Crippen molar-refractivity contribution in [1.29, 1.82) is 0 Å². The fourth-order valence-corrected chi connectivity index (χ4v) is 4.51. The van der Waals surface area contributed by atoms with E-state index >= 15 is 4.39 Å². The number of esters is 1. The lowest BCUT2D eigenvalue weighted by Crippen LogP contribution is -2.35. The van der Waals surface area contributed by atoms with E-state index in [1.165, 1.54) is 42.6 Å². The highest BCUT2D eigenvalue weighted by atomic mass is 19.1. The van der Waals surface area contributed by atoms with Crippen molar-refractivity contribution in [2.45, 2.75) is 32.8 Å². The number of anilines is 2. The maximum absolute atomic E-state index is 15.1. The van der Waals surface area contributed by atoms with Gasteiger partial charge in [0.1, 0.15) is 35.4 Å². The van der Waals surface area contributed by atoms with Gasteiger partial charge in [0.25, 0.3) is 0 Å². The fourth-order valence-electron chi connectivity index (χ4n) is 4.51. The van der Waals surface area contributed by atoms with Gasteiger partial charge in [0.15, 0.2) is 11.6 Å². The molecule has 1 fully saturated rings. The molecule has 44 heavy (non-hydrogen) atoms. The van der Waals surface area contributed by atoms with Crippen LogP contribution in [0.15, 0.2) is 66.9 Å². The average molecular weight is 605 g/mol. The zero-order chi connectivity index (χ0) is 31.4. The van der Waals surface area contributed by atoms with Gasteiger partial charge >= 0.3 is 5.97 Å². The lowest BCUT2D eigenvalue weighted by Gasteiger charge is -2.17. The molecule has 1 aromatic heterocycles. The van der Waals surface area contributed by atoms with E-state index in [9.17, 15) is 18.8 Å². The van der Waals surface area contributed by atoms with Crippen molar-refractivity contribution in [3.05, 3.63) is 84.1 Å². The Morgan fingerprint density at radius 1 is 0.932 bits per heavy atom. The summed E-state index contributed by atoms with van der Waals surface area (Å²) in [5, 5.41) is 5.86. The maximum atomic E-state index is 15.1. The van der Waals surface area contributed by atoms with Crippen molar-refractivity contribution in [3.8, 4) is 17.2 Å². The molecule has 0 saturated heterocycles. The first-order valence-corrected chi connectivity index (χ1v) is 13.9. The van der Waals surface area contributed by atoms with E-state index in [-0.39, 0.29) is 24.6 Å². The average Bonchev–Trinajstić information content (AvgIpc) is 3.81. The van der Waals surface area contributed by atoms with E-state index in [0.717, 1.165) is 11.6 Å². The van der Waals surface area contributed by atoms with Gasteiger partial charge < -0.3 is 30.6 Å². The van der Waals surface area contributed by atoms with Crippen molar-refractivity contribution >= 4 is 40.1 Å². The second kappa shape index (κ2) is 12.6. The van der Waals surface area contributed by atoms with Crippen LogP contribution in [-0.2, 0) is 19.1 Å². The van der Waals surface area contributed by atoms with Crippen molar-refractivity contribution in [2.24, 2.45) is 11.1 Å². The first kappa shape index (κ1) is 30.4. The number of aromatic nitrogens is 1. The summed E-state index contributed by atoms with van der Waals surface area (Å²) in [6.07, 6.45) is 1.67. The Kier molecular flexibility index (Phi) is 8.72. The van der Waals surface area contributed by atoms with E-state index in [4.69, 9.17) is 19.9 Å². The number of nitrogens with zero attached hydrogens (tertiary/aromatic N) is 1. The van der Waals surface area contributed by atoms with Crippen LogP contribution in [0.2, 0.25) is 0 Å². The van der Waals surface area contributed by atoms with E-state index in [0.29, 0.717) is 40.9 Å². The Morgan fingerprint density at radius 3 is 2.27 bits per heavy atom. The third-order valence-corrected chi connectivity index (χ3v) is 7.10. The van der Waals surface area contributed by atoms with Crippen LogP contribution < -0.4 is 25.8 Å². The van der Waals surface area contributed by atoms with E-state index in [1.54, 1.807) is 25.1 Å². The second-order valence-corrected chi connectivity index (χ2v) is 10.5. The Labute approximate surface area is 251 Å². The first-order chi connectivity index (χ1) is 21.1. The lowest BCUT2D eigenvalue weighted by molar-refractivity contribution is -0.147. The monoisotopic (exact) mass is 604 g/mol. The van der Waals surface area contributed by atoms with Crippen LogP contribution >= 0.6 is 0 Å². The molecule has 0 bridgehead atoms. The smallest absolute Gasteiger partial charge is 0.320 e. The van der Waals surface area contributed by atoms with Crippen LogP contribution in [0.3, 0.4) is 0 Å². The Hall–Kier alpha value is -5.10. The predicted octanol–water partition coefficient (Wildman–Crippen LogP) is 5.24. The number of nitrogens with two attached hydrogens (primary N) is 1. The molecule has 0 aliphatic heterocycles. The first-order valence-electron chi connectivity index (χ1n) is 13.9. The third-order valence-electron chi connectivity index (χ3n) is 7.10. The number of rotatable bonds is 11. The lowest BCUT2D eigenvalue weighted by atomic mass is 10.0. The Morgan fingerprint density at radius 2 is 1.61 bits per heavy atom. The molecule has 0 spiro atoms. The van der Waals surface area contributed by atoms with Crippen molar-refractivity contribution in [3.63, 3.8) is 0 Å². The SMILES string of the molecule is Cc1cc2c(Oc3ccc(NC(=O)C4(C(=O)Nc5ccc(F)cc5)CC4)cc3F)ccnc2cc1OCC(C)OC(=O)CN. The molecule has 1 unspecified atom stereocenters. The van der Waals surface area contributed by atoms with Gasteiger partial charge in [0.2, 0.25) is 11.8 Å². The summed E-state index contributed by atoms with van der Waals surface area (Å²) in [5.74, 6) is -1.99. The maximum Gasteiger partial charge on any atom is 0.320 e. The summed E-state index contributed by atoms with van der Waals surface area (Å²) in [4.78, 5) is 41.6. The number of hydrogen-bond donors (Lipinski definition) is 3. The number of aryl methyl sites for hydroxylation is 1. The van der Waals surface area contributed by atoms with Gasteiger partial charge in [-0.2, -0.15) is 0 Å². The number of carbonyl (C=O) groups excluding carboxylic acids is 3. The molecule has 1 aliphatic carbocycles. The van der Waals surface area contributed by atoms with Crippen LogP contribution in [0.4, 0.5) is 20.2 Å². The highest BCUT2D eigenvalue weighted by molar-refractivity contribution is 6.16. The molecule has 1 saturated carbocycles. The van der Waals surface area contributed by atoms with Gasteiger partial charge in [-0.3, -0.25) is 19.4 Å². The van der Waals surface area contributed by atoms with Crippen LogP contribution in [0.1, 0.15) is 25.3 Å². The largest absolute Gasteiger partial charge is 0.489 e. The molecule has 1 atom stereocenters. The standard InChI is InChI=1S/C32H30F2N4O6/c1-18-13-23-25(15-28(18)42-17-19(2)43-29(39)16-35)36-12-9-26(23)44-27-8-7-22(14-24(27)34)38-31(41)32(10-11-32)30(40)37-21-5-3-20(33)4-6-21/h3-9,12-15,19H,10-11,16-17,35H2,1-2H3,(H,37,40)(H,38,41). The van der Waals surface area contributed by atoms with E-state index in [1.807, 2.05) is 6.92 Å². The highest BCUT2D eigenvalue weighted by Gasteiger charge is 2.56. The van der Waals surface area contributed by atoms with Crippen molar-refractivity contribution in [2.75, 3.05) is 23.8 Å². The normalized spacial score (nSPS) is 13.9. The van der Waals surface area contributed by atoms with Crippen LogP contribution in [-0.4, -0.2) is 42.0 Å². The van der Waals surface area contributed by atoms with E-state index in [2.05, 4.69) is 15.6 Å². The summed E-state index contributed by atoms with van der Waals surface area (Å²) in [6, 6.07) is 14.3. The zero-order valence-electron chi connectivity index (χ0n) is 24.0. The Bertz CT molecular complexity index is 1730. The summed E-state index contributed by atoms with van der Waals surface area (Å²) in [7, 11) is 0. The number of pyridine rings is 1. The van der Waals surface area contributed by atoms with Gasteiger partial charge in [-0.05, 0) is 80.8 Å². The number of halogens is 2. The Balaban J connectivity index is 1.25. The number of ether oxygens (including phenoxy) is 3. The minimum Gasteiger partial charge on any atom is -0.489 e. The predicted molar refractivity (Wildman–Crippen MR) is 158 cm³/mol.